The maximum Gasteiger partial charge on any atom is 0.407 e. The Labute approximate surface area is 151 Å². The summed E-state index contributed by atoms with van der Waals surface area (Å²) in [5.41, 5.74) is 0.671. The molecule has 3 N–H and O–H groups in total. The lowest BCUT2D eigenvalue weighted by Crippen LogP contribution is -2.50. The highest BCUT2D eigenvalue weighted by molar-refractivity contribution is 5.79. The summed E-state index contributed by atoms with van der Waals surface area (Å²) in [5, 5.41) is 9.44. The third-order valence-electron chi connectivity index (χ3n) is 3.57. The number of nitrogens with zero attached hydrogens (tertiary/aromatic N) is 2. The van der Waals surface area contributed by atoms with E-state index in [1.807, 2.05) is 38.6 Å². The van der Waals surface area contributed by atoms with E-state index in [-0.39, 0.29) is 12.0 Å². The van der Waals surface area contributed by atoms with Gasteiger partial charge >= 0.3 is 6.09 Å². The van der Waals surface area contributed by atoms with E-state index in [9.17, 15) is 4.79 Å². The zero-order valence-corrected chi connectivity index (χ0v) is 16.5. The summed E-state index contributed by atoms with van der Waals surface area (Å²) in [7, 11) is 3.72. The molecule has 1 aromatic heterocycles. The third-order valence-corrected chi connectivity index (χ3v) is 3.57. The summed E-state index contributed by atoms with van der Waals surface area (Å²) in [6.45, 7) is 10.9. The highest BCUT2D eigenvalue weighted by Crippen LogP contribution is 2.08. The van der Waals surface area contributed by atoms with Gasteiger partial charge in [-0.3, -0.25) is 4.99 Å². The summed E-state index contributed by atoms with van der Waals surface area (Å²) in [6.07, 6.45) is 3.66. The number of alkyl carbamates (subject to hydrolysis) is 1. The Morgan fingerprint density at radius 3 is 2.48 bits per heavy atom. The van der Waals surface area contributed by atoms with E-state index in [0.717, 1.165) is 0 Å². The van der Waals surface area contributed by atoms with Gasteiger partial charge in [-0.2, -0.15) is 0 Å². The van der Waals surface area contributed by atoms with Crippen molar-refractivity contribution in [2.45, 2.75) is 52.8 Å². The molecule has 0 saturated heterocycles. The average molecular weight is 351 g/mol. The highest BCUT2D eigenvalue weighted by Gasteiger charge is 2.21. The van der Waals surface area contributed by atoms with Gasteiger partial charge < -0.3 is 25.3 Å². The first-order valence-electron chi connectivity index (χ1n) is 8.65. The SMILES string of the molecule is CN=C(NCc1ccn(C)c1)NCC(NC(=O)OC(C)(C)C)C(C)C. The van der Waals surface area contributed by atoms with E-state index in [0.29, 0.717) is 19.0 Å². The normalized spacial score (nSPS) is 13.5. The van der Waals surface area contributed by atoms with Crippen LogP contribution in [-0.4, -0.2) is 41.9 Å². The topological polar surface area (TPSA) is 79.7 Å². The van der Waals surface area contributed by atoms with Gasteiger partial charge in [0.2, 0.25) is 0 Å². The Balaban J connectivity index is 2.49. The molecule has 0 bridgehead atoms. The van der Waals surface area contributed by atoms with Crippen molar-refractivity contribution in [1.82, 2.24) is 20.5 Å². The van der Waals surface area contributed by atoms with Crippen LogP contribution in [-0.2, 0) is 18.3 Å². The molecule has 0 fully saturated rings. The minimum absolute atomic E-state index is 0.0647. The van der Waals surface area contributed by atoms with Crippen molar-refractivity contribution < 1.29 is 9.53 Å². The zero-order chi connectivity index (χ0) is 19.0. The van der Waals surface area contributed by atoms with Crippen LogP contribution in [0.5, 0.6) is 0 Å². The molecule has 0 aromatic carbocycles. The molecule has 1 rings (SSSR count). The minimum atomic E-state index is -0.508. The van der Waals surface area contributed by atoms with Crippen LogP contribution < -0.4 is 16.0 Å². The summed E-state index contributed by atoms with van der Waals surface area (Å²) in [6, 6.07) is 1.99. The Bertz CT molecular complexity index is 572. The van der Waals surface area contributed by atoms with Gasteiger partial charge in [0.1, 0.15) is 5.60 Å². The van der Waals surface area contributed by atoms with Gasteiger partial charge in [-0.15, -0.1) is 0 Å². The fourth-order valence-corrected chi connectivity index (χ4v) is 2.19. The van der Waals surface area contributed by atoms with E-state index in [4.69, 9.17) is 4.74 Å². The Morgan fingerprint density at radius 2 is 2.00 bits per heavy atom. The number of aryl methyl sites for hydroxylation is 1. The molecule has 1 atom stereocenters. The lowest BCUT2D eigenvalue weighted by atomic mass is 10.0. The quantitative estimate of drug-likeness (QED) is 0.542. The van der Waals surface area contributed by atoms with Gasteiger partial charge in [0.05, 0.1) is 6.04 Å². The molecule has 0 saturated carbocycles. The van der Waals surface area contributed by atoms with Gasteiger partial charge in [0.15, 0.2) is 5.96 Å². The molecule has 142 valence electrons. The van der Waals surface area contributed by atoms with Crippen molar-refractivity contribution in [3.05, 3.63) is 24.0 Å². The fourth-order valence-electron chi connectivity index (χ4n) is 2.19. The predicted octanol–water partition coefficient (Wildman–Crippen LogP) is 2.24. The van der Waals surface area contributed by atoms with Crippen LogP contribution in [0.2, 0.25) is 0 Å². The summed E-state index contributed by atoms with van der Waals surface area (Å²) >= 11 is 0. The van der Waals surface area contributed by atoms with Crippen LogP contribution in [0.3, 0.4) is 0 Å². The number of hydrogen-bond acceptors (Lipinski definition) is 3. The molecule has 0 spiro atoms. The predicted molar refractivity (Wildman–Crippen MR) is 102 cm³/mol. The Kier molecular flexibility index (Phi) is 7.80. The number of hydrogen-bond donors (Lipinski definition) is 3. The van der Waals surface area contributed by atoms with Gasteiger partial charge in [-0.25, -0.2) is 4.79 Å². The van der Waals surface area contributed by atoms with E-state index in [2.05, 4.69) is 47.1 Å². The van der Waals surface area contributed by atoms with Crippen molar-refractivity contribution in [3.63, 3.8) is 0 Å². The number of aromatic nitrogens is 1. The molecule has 0 aliphatic heterocycles. The van der Waals surface area contributed by atoms with Crippen molar-refractivity contribution in [2.75, 3.05) is 13.6 Å². The minimum Gasteiger partial charge on any atom is -0.444 e. The number of rotatable bonds is 6. The van der Waals surface area contributed by atoms with Gasteiger partial charge in [-0.05, 0) is 38.3 Å². The number of aliphatic imine (C=N–C) groups is 1. The van der Waals surface area contributed by atoms with Crippen molar-refractivity contribution >= 4 is 12.1 Å². The number of nitrogens with one attached hydrogen (secondary N) is 3. The molecule has 25 heavy (non-hydrogen) atoms. The van der Waals surface area contributed by atoms with Crippen molar-refractivity contribution in [3.8, 4) is 0 Å². The molecule has 1 heterocycles. The van der Waals surface area contributed by atoms with E-state index < -0.39 is 11.7 Å². The maximum atomic E-state index is 12.0. The summed E-state index contributed by atoms with van der Waals surface area (Å²) in [5.74, 6) is 0.952. The number of carbonyl (C=O) groups excluding carboxylic acids is 1. The third kappa shape index (κ3) is 8.47. The smallest absolute Gasteiger partial charge is 0.407 e. The monoisotopic (exact) mass is 351 g/mol. The van der Waals surface area contributed by atoms with E-state index >= 15 is 0 Å². The number of ether oxygens (including phenoxy) is 1. The lowest BCUT2D eigenvalue weighted by Gasteiger charge is -2.26. The Hall–Kier alpha value is -2.18. The highest BCUT2D eigenvalue weighted by atomic mass is 16.6. The molecular weight excluding hydrogens is 318 g/mol. The van der Waals surface area contributed by atoms with Gasteiger partial charge in [0, 0.05) is 39.6 Å². The number of guanidine groups is 1. The fraction of sp³-hybridized carbons (Fsp3) is 0.667. The second-order valence-electron chi connectivity index (χ2n) is 7.49. The molecule has 7 heteroatoms. The molecule has 1 amide bonds. The maximum absolute atomic E-state index is 12.0. The summed E-state index contributed by atoms with van der Waals surface area (Å²) in [4.78, 5) is 16.2. The molecule has 7 nitrogen and oxygen atoms in total. The second kappa shape index (κ2) is 9.34. The second-order valence-corrected chi connectivity index (χ2v) is 7.49. The molecule has 0 aliphatic carbocycles. The average Bonchev–Trinajstić information content (AvgIpc) is 2.89. The molecule has 1 aromatic rings. The van der Waals surface area contributed by atoms with Crippen molar-refractivity contribution in [1.29, 1.82) is 0 Å². The van der Waals surface area contributed by atoms with Crippen LogP contribution in [0.25, 0.3) is 0 Å². The number of carbonyl (C=O) groups is 1. The standard InChI is InChI=1S/C18H33N5O2/c1-13(2)15(22-17(24)25-18(3,4)5)11-21-16(19-6)20-10-14-8-9-23(7)12-14/h8-9,12-13,15H,10-11H2,1-7H3,(H,22,24)(H2,19,20,21). The zero-order valence-electron chi connectivity index (χ0n) is 16.5. The van der Waals surface area contributed by atoms with Crippen LogP contribution in [0.1, 0.15) is 40.2 Å². The first kappa shape index (κ1) is 20.9. The van der Waals surface area contributed by atoms with Crippen LogP contribution >= 0.6 is 0 Å². The van der Waals surface area contributed by atoms with Gasteiger partial charge in [-0.1, -0.05) is 13.8 Å². The largest absolute Gasteiger partial charge is 0.444 e. The van der Waals surface area contributed by atoms with E-state index in [1.165, 1.54) is 5.56 Å². The molecular formula is C18H33N5O2. The first-order chi connectivity index (χ1) is 11.6. The van der Waals surface area contributed by atoms with Crippen LogP contribution in [0, 0.1) is 5.92 Å². The summed E-state index contributed by atoms with van der Waals surface area (Å²) < 4.78 is 7.34. The molecule has 1 unspecified atom stereocenters. The van der Waals surface area contributed by atoms with Crippen LogP contribution in [0.4, 0.5) is 4.79 Å². The molecule has 0 radical (unpaired) electrons. The lowest BCUT2D eigenvalue weighted by molar-refractivity contribution is 0.0491. The Morgan fingerprint density at radius 1 is 1.32 bits per heavy atom. The van der Waals surface area contributed by atoms with Gasteiger partial charge in [0.25, 0.3) is 0 Å². The van der Waals surface area contributed by atoms with Crippen LogP contribution in [0.15, 0.2) is 23.5 Å². The number of amides is 1. The molecule has 0 aliphatic rings. The van der Waals surface area contributed by atoms with Crippen molar-refractivity contribution in [2.24, 2.45) is 18.0 Å². The van der Waals surface area contributed by atoms with E-state index in [1.54, 1.807) is 7.05 Å². The first-order valence-corrected chi connectivity index (χ1v) is 8.65.